The average molecular weight is 384 g/mol. The van der Waals surface area contributed by atoms with Crippen molar-refractivity contribution in [2.75, 3.05) is 36.5 Å². The Morgan fingerprint density at radius 3 is 2.63 bits per heavy atom. The number of nitrogens with zero attached hydrogens (tertiary/aromatic N) is 3. The standard InChI is InChI=1S/C20H25N5OS/c1-14-20(27-16(3)23-14)19(21)8-9-22-15(2)24-17-4-6-18(7-5-17)25-10-12-26-13-11-25/h4-9,24H,2,10-13,21H2,1,3H3/b19-8-,22-9-. The van der Waals surface area contributed by atoms with Gasteiger partial charge in [-0.05, 0) is 44.2 Å². The summed E-state index contributed by atoms with van der Waals surface area (Å²) >= 11 is 1.58. The summed E-state index contributed by atoms with van der Waals surface area (Å²) in [5, 5.41) is 4.19. The molecule has 142 valence electrons. The third-order valence-electron chi connectivity index (χ3n) is 4.18. The van der Waals surface area contributed by atoms with Gasteiger partial charge in [0.05, 0.1) is 34.5 Å². The number of hydrogen-bond acceptors (Lipinski definition) is 7. The summed E-state index contributed by atoms with van der Waals surface area (Å²) in [5.74, 6) is 0.551. The van der Waals surface area contributed by atoms with E-state index in [4.69, 9.17) is 10.5 Å². The van der Waals surface area contributed by atoms with Gasteiger partial charge in [-0.2, -0.15) is 0 Å². The Morgan fingerprint density at radius 2 is 2.00 bits per heavy atom. The first-order valence-electron chi connectivity index (χ1n) is 8.86. The molecule has 0 aliphatic carbocycles. The number of thiazole rings is 1. The molecule has 1 aromatic carbocycles. The number of morpholine rings is 1. The third-order valence-corrected chi connectivity index (χ3v) is 5.30. The van der Waals surface area contributed by atoms with Crippen LogP contribution in [-0.2, 0) is 4.74 Å². The summed E-state index contributed by atoms with van der Waals surface area (Å²) in [5.41, 5.74) is 9.85. The number of hydrogen-bond donors (Lipinski definition) is 2. The van der Waals surface area contributed by atoms with Crippen molar-refractivity contribution in [3.05, 3.63) is 58.3 Å². The topological polar surface area (TPSA) is 75.8 Å². The van der Waals surface area contributed by atoms with Crippen LogP contribution < -0.4 is 16.0 Å². The Morgan fingerprint density at radius 1 is 1.30 bits per heavy atom. The van der Waals surface area contributed by atoms with Crippen LogP contribution in [0.5, 0.6) is 0 Å². The molecule has 1 aromatic heterocycles. The first kappa shape index (κ1) is 19.1. The SMILES string of the molecule is C=C(/N=C\C=C(/N)c1sc(C)nc1C)Nc1ccc(N2CCOCC2)cc1. The number of nitrogens with two attached hydrogens (primary N) is 1. The zero-order chi connectivity index (χ0) is 19.2. The summed E-state index contributed by atoms with van der Waals surface area (Å²) in [6.45, 7) is 11.3. The van der Waals surface area contributed by atoms with E-state index >= 15 is 0 Å². The van der Waals surface area contributed by atoms with Crippen molar-refractivity contribution in [1.82, 2.24) is 4.98 Å². The molecule has 1 fully saturated rings. The second-order valence-corrected chi connectivity index (χ2v) is 7.47. The lowest BCUT2D eigenvalue weighted by Gasteiger charge is -2.28. The summed E-state index contributed by atoms with van der Waals surface area (Å²) in [4.78, 5) is 12.0. The number of aryl methyl sites for hydroxylation is 2. The lowest BCUT2D eigenvalue weighted by molar-refractivity contribution is 0.122. The van der Waals surface area contributed by atoms with E-state index in [-0.39, 0.29) is 0 Å². The number of aliphatic imine (C=N–C) groups is 1. The molecule has 0 atom stereocenters. The van der Waals surface area contributed by atoms with Gasteiger partial charge in [-0.1, -0.05) is 6.58 Å². The van der Waals surface area contributed by atoms with E-state index in [1.807, 2.05) is 26.0 Å². The first-order chi connectivity index (χ1) is 13.0. The van der Waals surface area contributed by atoms with Gasteiger partial charge in [0.25, 0.3) is 0 Å². The molecule has 1 aliphatic rings. The van der Waals surface area contributed by atoms with Crippen LogP contribution in [0.2, 0.25) is 0 Å². The van der Waals surface area contributed by atoms with Crippen molar-refractivity contribution >= 4 is 34.6 Å². The average Bonchev–Trinajstić information content (AvgIpc) is 3.01. The van der Waals surface area contributed by atoms with Crippen LogP contribution >= 0.6 is 11.3 Å². The smallest absolute Gasteiger partial charge is 0.122 e. The number of anilines is 2. The van der Waals surface area contributed by atoms with Gasteiger partial charge in [-0.25, -0.2) is 9.98 Å². The van der Waals surface area contributed by atoms with Crippen LogP contribution in [0.15, 0.2) is 47.7 Å². The molecular weight excluding hydrogens is 358 g/mol. The van der Waals surface area contributed by atoms with Crippen molar-refractivity contribution < 1.29 is 4.74 Å². The Labute approximate surface area is 164 Å². The van der Waals surface area contributed by atoms with Crippen LogP contribution in [0.3, 0.4) is 0 Å². The second kappa shape index (κ2) is 8.83. The molecule has 1 saturated heterocycles. The van der Waals surface area contributed by atoms with E-state index in [9.17, 15) is 0 Å². The number of allylic oxidation sites excluding steroid dienone is 1. The minimum absolute atomic E-state index is 0.551. The Bertz CT molecular complexity index is 848. The highest BCUT2D eigenvalue weighted by molar-refractivity contribution is 7.12. The van der Waals surface area contributed by atoms with Crippen LogP contribution in [0, 0.1) is 13.8 Å². The van der Waals surface area contributed by atoms with Crippen LogP contribution in [0.1, 0.15) is 15.6 Å². The molecule has 0 saturated carbocycles. The minimum Gasteiger partial charge on any atom is -0.397 e. The van der Waals surface area contributed by atoms with Gasteiger partial charge in [0.15, 0.2) is 0 Å². The van der Waals surface area contributed by atoms with E-state index in [1.165, 1.54) is 5.69 Å². The fourth-order valence-electron chi connectivity index (χ4n) is 2.86. The third kappa shape index (κ3) is 5.18. The fraction of sp³-hybridized carbons (Fsp3) is 0.300. The Balaban J connectivity index is 1.56. The Kier molecular flexibility index (Phi) is 6.26. The van der Waals surface area contributed by atoms with E-state index in [0.717, 1.165) is 47.6 Å². The van der Waals surface area contributed by atoms with Crippen molar-refractivity contribution in [3.63, 3.8) is 0 Å². The molecule has 6 nitrogen and oxygen atoms in total. The van der Waals surface area contributed by atoms with Crippen LogP contribution in [0.4, 0.5) is 11.4 Å². The minimum atomic E-state index is 0.551. The Hall–Kier alpha value is -2.64. The van der Waals surface area contributed by atoms with Gasteiger partial charge in [-0.15, -0.1) is 11.3 Å². The molecule has 2 aromatic rings. The molecular formula is C20H25N5OS. The van der Waals surface area contributed by atoms with Gasteiger partial charge in [-0.3, -0.25) is 0 Å². The summed E-state index contributed by atoms with van der Waals surface area (Å²) in [7, 11) is 0. The molecule has 0 unspecified atom stereocenters. The molecule has 2 heterocycles. The van der Waals surface area contributed by atoms with Crippen molar-refractivity contribution in [2.24, 2.45) is 10.7 Å². The number of aromatic nitrogens is 1. The molecule has 27 heavy (non-hydrogen) atoms. The molecule has 0 radical (unpaired) electrons. The first-order valence-corrected chi connectivity index (χ1v) is 9.67. The zero-order valence-electron chi connectivity index (χ0n) is 15.7. The summed E-state index contributed by atoms with van der Waals surface area (Å²) in [6, 6.07) is 8.24. The highest BCUT2D eigenvalue weighted by Gasteiger charge is 2.10. The van der Waals surface area contributed by atoms with E-state index in [0.29, 0.717) is 11.5 Å². The quantitative estimate of drug-likeness (QED) is 0.746. The summed E-state index contributed by atoms with van der Waals surface area (Å²) < 4.78 is 5.39. The molecule has 7 heteroatoms. The predicted octanol–water partition coefficient (Wildman–Crippen LogP) is 3.55. The molecule has 0 spiro atoms. The maximum atomic E-state index is 6.11. The lowest BCUT2D eigenvalue weighted by atomic mass is 10.2. The lowest BCUT2D eigenvalue weighted by Crippen LogP contribution is -2.36. The highest BCUT2D eigenvalue weighted by atomic mass is 32.1. The maximum absolute atomic E-state index is 6.11. The highest BCUT2D eigenvalue weighted by Crippen LogP contribution is 2.22. The monoisotopic (exact) mass is 383 g/mol. The van der Waals surface area contributed by atoms with Gasteiger partial charge >= 0.3 is 0 Å². The predicted molar refractivity (Wildman–Crippen MR) is 114 cm³/mol. The molecule has 1 aliphatic heterocycles. The zero-order valence-corrected chi connectivity index (χ0v) is 16.6. The molecule has 3 N–H and O–H groups in total. The molecule has 0 bridgehead atoms. The number of rotatable bonds is 6. The van der Waals surface area contributed by atoms with E-state index < -0.39 is 0 Å². The fourth-order valence-corrected chi connectivity index (χ4v) is 3.72. The van der Waals surface area contributed by atoms with Crippen molar-refractivity contribution in [3.8, 4) is 0 Å². The largest absolute Gasteiger partial charge is 0.397 e. The van der Waals surface area contributed by atoms with Gasteiger partial charge in [0.2, 0.25) is 0 Å². The summed E-state index contributed by atoms with van der Waals surface area (Å²) in [6.07, 6.45) is 3.43. The van der Waals surface area contributed by atoms with Gasteiger partial charge < -0.3 is 20.7 Å². The second-order valence-electron chi connectivity index (χ2n) is 6.27. The van der Waals surface area contributed by atoms with Gasteiger partial charge in [0, 0.05) is 30.7 Å². The number of benzene rings is 1. The van der Waals surface area contributed by atoms with Gasteiger partial charge in [0.1, 0.15) is 5.82 Å². The van der Waals surface area contributed by atoms with E-state index in [2.05, 4.69) is 38.9 Å². The normalized spacial score (nSPS) is 15.3. The van der Waals surface area contributed by atoms with Crippen LogP contribution in [0.25, 0.3) is 5.70 Å². The molecule has 3 rings (SSSR count). The number of ether oxygens (including phenoxy) is 1. The van der Waals surface area contributed by atoms with Crippen molar-refractivity contribution in [2.45, 2.75) is 13.8 Å². The maximum Gasteiger partial charge on any atom is 0.122 e. The van der Waals surface area contributed by atoms with Crippen molar-refractivity contribution in [1.29, 1.82) is 0 Å². The van der Waals surface area contributed by atoms with Crippen LogP contribution in [-0.4, -0.2) is 37.5 Å². The molecule has 0 amide bonds. The van der Waals surface area contributed by atoms with E-state index in [1.54, 1.807) is 23.6 Å². The number of nitrogens with one attached hydrogen (secondary N) is 1.